The predicted molar refractivity (Wildman–Crippen MR) is 138 cm³/mol. The van der Waals surface area contributed by atoms with Crippen LogP contribution >= 0.6 is 0 Å². The van der Waals surface area contributed by atoms with Crippen LogP contribution in [0.1, 0.15) is 36.0 Å². The van der Waals surface area contributed by atoms with Gasteiger partial charge in [-0.25, -0.2) is 0 Å². The van der Waals surface area contributed by atoms with E-state index >= 15 is 0 Å². The van der Waals surface area contributed by atoms with Gasteiger partial charge < -0.3 is 29.9 Å². The molecule has 2 fully saturated rings. The van der Waals surface area contributed by atoms with E-state index in [-0.39, 0.29) is 17.9 Å². The molecule has 2 saturated heterocycles. The van der Waals surface area contributed by atoms with Crippen LogP contribution in [0.15, 0.2) is 36.4 Å². The van der Waals surface area contributed by atoms with Gasteiger partial charge in [0.05, 0.1) is 11.4 Å². The number of piperazine rings is 1. The van der Waals surface area contributed by atoms with E-state index in [1.54, 1.807) is 0 Å². The van der Waals surface area contributed by atoms with Crippen LogP contribution in [0.5, 0.6) is 11.5 Å². The Hall–Kier alpha value is -3.46. The van der Waals surface area contributed by atoms with Crippen LogP contribution in [0.3, 0.4) is 0 Å². The molecule has 2 N–H and O–H groups in total. The van der Waals surface area contributed by atoms with Gasteiger partial charge in [-0.05, 0) is 62.6 Å². The molecule has 2 aromatic rings. The normalized spacial score (nSPS) is 21.0. The van der Waals surface area contributed by atoms with E-state index in [2.05, 4.69) is 37.5 Å². The van der Waals surface area contributed by atoms with Crippen molar-refractivity contribution in [1.82, 2.24) is 10.2 Å². The molecule has 9 nitrogen and oxygen atoms in total. The van der Waals surface area contributed by atoms with Crippen molar-refractivity contribution < 1.29 is 19.1 Å². The number of rotatable bonds is 6. The fourth-order valence-electron chi connectivity index (χ4n) is 5.65. The largest absolute Gasteiger partial charge is 0.454 e. The van der Waals surface area contributed by atoms with Crippen LogP contribution in [0, 0.1) is 0 Å². The lowest BCUT2D eigenvalue weighted by atomic mass is 9.97. The van der Waals surface area contributed by atoms with Crippen LogP contribution in [-0.2, 0) is 4.79 Å². The number of hydrogen-bond donors (Lipinski definition) is 2. The van der Waals surface area contributed by atoms with Gasteiger partial charge in [-0.2, -0.15) is 0 Å². The zero-order chi connectivity index (χ0) is 24.5. The number of carbonyl (C=O) groups is 2. The lowest BCUT2D eigenvalue weighted by molar-refractivity contribution is -0.118. The molecular weight excluding hydrogens is 458 g/mol. The molecule has 1 unspecified atom stereocenters. The molecule has 0 radical (unpaired) electrons. The number of piperidine rings is 1. The molecule has 4 aliphatic heterocycles. The van der Waals surface area contributed by atoms with E-state index in [4.69, 9.17) is 9.47 Å². The van der Waals surface area contributed by atoms with Gasteiger partial charge in [-0.15, -0.1) is 0 Å². The number of hydrogen-bond acceptors (Lipinski definition) is 7. The maximum Gasteiger partial charge on any atom is 0.251 e. The zero-order valence-electron chi connectivity index (χ0n) is 20.5. The van der Waals surface area contributed by atoms with Crippen LogP contribution in [0.4, 0.5) is 17.1 Å². The van der Waals surface area contributed by atoms with Crippen LogP contribution in [-0.4, -0.2) is 75.4 Å². The Morgan fingerprint density at radius 1 is 1.00 bits per heavy atom. The summed E-state index contributed by atoms with van der Waals surface area (Å²) in [4.78, 5) is 32.3. The summed E-state index contributed by atoms with van der Waals surface area (Å²) in [5.74, 6) is 1.58. The van der Waals surface area contributed by atoms with Crippen molar-refractivity contribution in [2.45, 2.75) is 31.7 Å². The van der Waals surface area contributed by atoms with Crippen molar-refractivity contribution in [3.63, 3.8) is 0 Å². The summed E-state index contributed by atoms with van der Waals surface area (Å²) in [7, 11) is 0. The summed E-state index contributed by atoms with van der Waals surface area (Å²) in [6.45, 7) is 6.67. The number of anilines is 3. The third-order valence-electron chi connectivity index (χ3n) is 7.66. The van der Waals surface area contributed by atoms with Gasteiger partial charge in [0.2, 0.25) is 12.7 Å². The van der Waals surface area contributed by atoms with Crippen molar-refractivity contribution in [2.75, 3.05) is 67.7 Å². The molecule has 2 amide bonds. The number of nitrogens with one attached hydrogen (secondary N) is 2. The molecular formula is C27H33N5O4. The fraction of sp³-hybridized carbons (Fsp3) is 0.481. The zero-order valence-corrected chi connectivity index (χ0v) is 20.5. The van der Waals surface area contributed by atoms with Crippen molar-refractivity contribution in [3.05, 3.63) is 42.0 Å². The number of nitrogens with zero attached hydrogens (tertiary/aromatic N) is 3. The number of amides is 2. The minimum atomic E-state index is -0.0968. The molecule has 2 aromatic carbocycles. The molecule has 0 bridgehead atoms. The van der Waals surface area contributed by atoms with Gasteiger partial charge in [0.25, 0.3) is 5.91 Å². The Morgan fingerprint density at radius 3 is 2.75 bits per heavy atom. The summed E-state index contributed by atoms with van der Waals surface area (Å²) >= 11 is 0. The molecule has 0 saturated carbocycles. The molecule has 4 aliphatic rings. The molecule has 9 heteroatoms. The maximum absolute atomic E-state index is 12.7. The third-order valence-corrected chi connectivity index (χ3v) is 7.66. The van der Waals surface area contributed by atoms with Crippen molar-refractivity contribution in [2.24, 2.45) is 0 Å². The highest BCUT2D eigenvalue weighted by atomic mass is 16.7. The van der Waals surface area contributed by atoms with Crippen molar-refractivity contribution >= 4 is 28.9 Å². The second-order valence-corrected chi connectivity index (χ2v) is 9.90. The maximum atomic E-state index is 12.7. The first kappa shape index (κ1) is 23.0. The Morgan fingerprint density at radius 2 is 1.86 bits per heavy atom. The molecule has 0 spiro atoms. The van der Waals surface area contributed by atoms with E-state index in [1.807, 2.05) is 24.3 Å². The molecule has 0 aliphatic carbocycles. The summed E-state index contributed by atoms with van der Waals surface area (Å²) in [5, 5.41) is 6.05. The van der Waals surface area contributed by atoms with Crippen molar-refractivity contribution in [3.8, 4) is 11.5 Å². The predicted octanol–water partition coefficient (Wildman–Crippen LogP) is 2.67. The van der Waals surface area contributed by atoms with Gasteiger partial charge in [0.1, 0.15) is 6.04 Å². The Labute approximate surface area is 211 Å². The summed E-state index contributed by atoms with van der Waals surface area (Å²) in [5.41, 5.74) is 3.52. The highest BCUT2D eigenvalue weighted by molar-refractivity contribution is 6.05. The third kappa shape index (κ3) is 4.55. The average Bonchev–Trinajstić information content (AvgIpc) is 3.39. The van der Waals surface area contributed by atoms with Crippen molar-refractivity contribution in [1.29, 1.82) is 0 Å². The molecule has 6 rings (SSSR count). The number of fused-ring (bicyclic) bond motifs is 4. The minimum absolute atomic E-state index is 0.0402. The Kier molecular flexibility index (Phi) is 6.31. The van der Waals surface area contributed by atoms with E-state index in [0.29, 0.717) is 18.9 Å². The minimum Gasteiger partial charge on any atom is -0.454 e. The lowest BCUT2D eigenvalue weighted by Crippen LogP contribution is -2.50. The average molecular weight is 492 g/mol. The summed E-state index contributed by atoms with van der Waals surface area (Å²) < 4.78 is 10.9. The van der Waals surface area contributed by atoms with Gasteiger partial charge >= 0.3 is 0 Å². The van der Waals surface area contributed by atoms with Crippen LogP contribution in [0.25, 0.3) is 0 Å². The fourth-order valence-corrected chi connectivity index (χ4v) is 5.65. The standard InChI is InChI=1S/C27H33N5O4/c33-26(19-5-7-22-21(16-19)29-27(34)23-4-1-2-11-32(22)23)28-9-3-10-30-12-14-31(15-13-30)20-6-8-24-25(17-20)36-18-35-24/h5-8,16-17,23H,1-4,9-15,18H2,(H,28,33)(H,29,34). The second-order valence-electron chi connectivity index (χ2n) is 9.90. The number of benzene rings is 2. The van der Waals surface area contributed by atoms with Crippen LogP contribution in [0.2, 0.25) is 0 Å². The second kappa shape index (κ2) is 9.89. The number of ether oxygens (including phenoxy) is 2. The Bertz CT molecular complexity index is 1150. The van der Waals surface area contributed by atoms with Gasteiger partial charge in [0.15, 0.2) is 11.5 Å². The first-order chi connectivity index (χ1) is 17.7. The molecule has 190 valence electrons. The SMILES string of the molecule is O=C(NCCCN1CCN(c2ccc3c(c2)OCO3)CC1)c1ccc2c(c1)NC(=O)C1CCCCN21. The molecule has 4 heterocycles. The molecule has 1 atom stereocenters. The van der Waals surface area contributed by atoms with E-state index in [1.165, 1.54) is 5.69 Å². The van der Waals surface area contributed by atoms with Gasteiger partial charge in [0, 0.05) is 56.6 Å². The Balaban J connectivity index is 0.956. The number of carbonyl (C=O) groups excluding carboxylic acids is 2. The molecule has 0 aromatic heterocycles. The van der Waals surface area contributed by atoms with Gasteiger partial charge in [-0.1, -0.05) is 0 Å². The highest BCUT2D eigenvalue weighted by Crippen LogP contribution is 2.37. The smallest absolute Gasteiger partial charge is 0.251 e. The summed E-state index contributed by atoms with van der Waals surface area (Å²) in [6, 6.07) is 11.7. The molecule has 36 heavy (non-hydrogen) atoms. The van der Waals surface area contributed by atoms with E-state index < -0.39 is 0 Å². The van der Waals surface area contributed by atoms with E-state index in [0.717, 1.165) is 87.8 Å². The summed E-state index contributed by atoms with van der Waals surface area (Å²) in [6.07, 6.45) is 3.97. The van der Waals surface area contributed by atoms with E-state index in [9.17, 15) is 9.59 Å². The first-order valence-electron chi connectivity index (χ1n) is 13.0. The monoisotopic (exact) mass is 491 g/mol. The first-order valence-corrected chi connectivity index (χ1v) is 13.0. The highest BCUT2D eigenvalue weighted by Gasteiger charge is 2.34. The topological polar surface area (TPSA) is 86.4 Å². The van der Waals surface area contributed by atoms with Crippen LogP contribution < -0.4 is 29.9 Å². The quantitative estimate of drug-likeness (QED) is 0.601. The lowest BCUT2D eigenvalue weighted by Gasteiger charge is -2.41. The van der Waals surface area contributed by atoms with Gasteiger partial charge in [-0.3, -0.25) is 14.5 Å².